The summed E-state index contributed by atoms with van der Waals surface area (Å²) in [4.78, 5) is 4.58. The van der Waals surface area contributed by atoms with Gasteiger partial charge in [0.15, 0.2) is 0 Å². The number of para-hydroxylation sites is 1. The smallest absolute Gasteiger partial charge is 0.0995 e. The summed E-state index contributed by atoms with van der Waals surface area (Å²) >= 11 is 0. The second-order valence-electron chi connectivity index (χ2n) is 5.60. The van der Waals surface area contributed by atoms with E-state index in [1.165, 1.54) is 17.8 Å². The van der Waals surface area contributed by atoms with Gasteiger partial charge in [0.25, 0.3) is 0 Å². The molecule has 0 saturated heterocycles. The molecule has 2 aromatic rings. The molecule has 0 spiro atoms. The van der Waals surface area contributed by atoms with Crippen LogP contribution in [-0.4, -0.2) is 16.1 Å². The summed E-state index contributed by atoms with van der Waals surface area (Å²) in [5.41, 5.74) is 8.05. The number of benzene rings is 1. The molecule has 1 aromatic carbocycles. The SMILES string of the molecule is CC(CCN)C1CC1c1cn(-c2ccccc2)cn1. The summed E-state index contributed by atoms with van der Waals surface area (Å²) < 4.78 is 2.11. The molecule has 0 aliphatic heterocycles. The third-order valence-electron chi connectivity index (χ3n) is 4.23. The van der Waals surface area contributed by atoms with E-state index in [0.717, 1.165) is 24.8 Å². The first kappa shape index (κ1) is 12.4. The molecule has 0 bridgehead atoms. The van der Waals surface area contributed by atoms with Crippen molar-refractivity contribution in [1.82, 2.24) is 9.55 Å². The van der Waals surface area contributed by atoms with Gasteiger partial charge < -0.3 is 10.3 Å². The molecule has 1 aliphatic rings. The van der Waals surface area contributed by atoms with Crippen LogP contribution in [0, 0.1) is 11.8 Å². The first-order valence-electron chi connectivity index (χ1n) is 7.09. The molecule has 1 heterocycles. The zero-order valence-electron chi connectivity index (χ0n) is 11.4. The maximum atomic E-state index is 5.64. The number of nitrogens with zero attached hydrogens (tertiary/aromatic N) is 2. The summed E-state index contributed by atoms with van der Waals surface area (Å²) in [6.07, 6.45) is 6.50. The monoisotopic (exact) mass is 255 g/mol. The number of aromatic nitrogens is 2. The fourth-order valence-electron chi connectivity index (χ4n) is 2.93. The molecule has 2 N–H and O–H groups in total. The minimum absolute atomic E-state index is 0.645. The quantitative estimate of drug-likeness (QED) is 0.892. The Hall–Kier alpha value is -1.61. The molecule has 1 fully saturated rings. The maximum Gasteiger partial charge on any atom is 0.0995 e. The zero-order valence-corrected chi connectivity index (χ0v) is 11.4. The van der Waals surface area contributed by atoms with Crippen molar-refractivity contribution in [2.45, 2.75) is 25.7 Å². The molecule has 1 saturated carbocycles. The van der Waals surface area contributed by atoms with Gasteiger partial charge in [-0.3, -0.25) is 0 Å². The van der Waals surface area contributed by atoms with E-state index in [2.05, 4.69) is 46.9 Å². The van der Waals surface area contributed by atoms with Crippen molar-refractivity contribution in [2.24, 2.45) is 17.6 Å². The number of imidazole rings is 1. The predicted molar refractivity (Wildman–Crippen MR) is 77.2 cm³/mol. The average Bonchev–Trinajstić information content (AvgIpc) is 3.10. The third kappa shape index (κ3) is 2.56. The van der Waals surface area contributed by atoms with Crippen molar-refractivity contribution in [2.75, 3.05) is 6.54 Å². The molecule has 0 radical (unpaired) electrons. The molecule has 1 aromatic heterocycles. The van der Waals surface area contributed by atoms with Crippen LogP contribution in [0.2, 0.25) is 0 Å². The summed E-state index contributed by atoms with van der Waals surface area (Å²) in [6, 6.07) is 10.4. The van der Waals surface area contributed by atoms with Crippen molar-refractivity contribution in [1.29, 1.82) is 0 Å². The third-order valence-corrected chi connectivity index (χ3v) is 4.23. The highest BCUT2D eigenvalue weighted by Crippen LogP contribution is 2.52. The molecular formula is C16H21N3. The summed E-state index contributed by atoms with van der Waals surface area (Å²) in [5, 5.41) is 0. The highest BCUT2D eigenvalue weighted by Gasteiger charge is 2.42. The molecular weight excluding hydrogens is 234 g/mol. The van der Waals surface area contributed by atoms with Crippen LogP contribution in [0.15, 0.2) is 42.9 Å². The van der Waals surface area contributed by atoms with E-state index in [9.17, 15) is 0 Å². The standard InChI is InChI=1S/C16H21N3/c1-12(7-8-17)14-9-15(14)16-10-19(11-18-16)13-5-3-2-4-6-13/h2-6,10-12,14-15H,7-9,17H2,1H3. The van der Waals surface area contributed by atoms with Crippen molar-refractivity contribution in [3.63, 3.8) is 0 Å². The van der Waals surface area contributed by atoms with E-state index in [1.54, 1.807) is 0 Å². The van der Waals surface area contributed by atoms with Gasteiger partial charge in [0.1, 0.15) is 0 Å². The molecule has 0 amide bonds. The van der Waals surface area contributed by atoms with E-state index in [4.69, 9.17) is 5.73 Å². The van der Waals surface area contributed by atoms with Crippen molar-refractivity contribution < 1.29 is 0 Å². The summed E-state index contributed by atoms with van der Waals surface area (Å²) in [6.45, 7) is 3.11. The van der Waals surface area contributed by atoms with Crippen LogP contribution in [0.5, 0.6) is 0 Å². The van der Waals surface area contributed by atoms with E-state index in [1.807, 2.05) is 12.4 Å². The van der Waals surface area contributed by atoms with Gasteiger partial charge in [-0.2, -0.15) is 0 Å². The highest BCUT2D eigenvalue weighted by atomic mass is 15.0. The van der Waals surface area contributed by atoms with Crippen LogP contribution in [0.4, 0.5) is 0 Å². The van der Waals surface area contributed by atoms with Gasteiger partial charge >= 0.3 is 0 Å². The molecule has 3 heteroatoms. The second kappa shape index (κ2) is 5.17. The van der Waals surface area contributed by atoms with Gasteiger partial charge in [0.2, 0.25) is 0 Å². The largest absolute Gasteiger partial charge is 0.330 e. The van der Waals surface area contributed by atoms with Gasteiger partial charge in [0.05, 0.1) is 12.0 Å². The molecule has 19 heavy (non-hydrogen) atoms. The van der Waals surface area contributed by atoms with Crippen LogP contribution < -0.4 is 5.73 Å². The lowest BCUT2D eigenvalue weighted by molar-refractivity contribution is 0.466. The van der Waals surface area contributed by atoms with Gasteiger partial charge in [-0.05, 0) is 43.4 Å². The van der Waals surface area contributed by atoms with Gasteiger partial charge in [0, 0.05) is 17.8 Å². The van der Waals surface area contributed by atoms with Crippen LogP contribution in [0.1, 0.15) is 31.4 Å². The van der Waals surface area contributed by atoms with Crippen molar-refractivity contribution in [3.05, 3.63) is 48.5 Å². The normalized spacial score (nSPS) is 23.3. The summed E-state index contributed by atoms with van der Waals surface area (Å²) in [5.74, 6) is 2.14. The van der Waals surface area contributed by atoms with E-state index in [-0.39, 0.29) is 0 Å². The fraction of sp³-hybridized carbons (Fsp3) is 0.438. The molecule has 1 aliphatic carbocycles. The van der Waals surface area contributed by atoms with Crippen LogP contribution in [0.25, 0.3) is 5.69 Å². The number of rotatable bonds is 5. The summed E-state index contributed by atoms with van der Waals surface area (Å²) in [7, 11) is 0. The van der Waals surface area contributed by atoms with Crippen molar-refractivity contribution >= 4 is 0 Å². The first-order chi connectivity index (χ1) is 9.29. The lowest BCUT2D eigenvalue weighted by atomic mass is 10.00. The number of hydrogen-bond donors (Lipinski definition) is 1. The van der Waals surface area contributed by atoms with Crippen molar-refractivity contribution in [3.8, 4) is 5.69 Å². The lowest BCUT2D eigenvalue weighted by Gasteiger charge is -2.07. The fourth-order valence-corrected chi connectivity index (χ4v) is 2.93. The number of nitrogens with two attached hydrogens (primary N) is 1. The Morgan fingerprint density at radius 3 is 2.89 bits per heavy atom. The lowest BCUT2D eigenvalue weighted by Crippen LogP contribution is -2.08. The van der Waals surface area contributed by atoms with Gasteiger partial charge in [-0.1, -0.05) is 25.1 Å². The Morgan fingerprint density at radius 1 is 1.37 bits per heavy atom. The minimum Gasteiger partial charge on any atom is -0.330 e. The van der Waals surface area contributed by atoms with E-state index < -0.39 is 0 Å². The topological polar surface area (TPSA) is 43.8 Å². The van der Waals surface area contributed by atoms with E-state index in [0.29, 0.717) is 5.92 Å². The predicted octanol–water partition coefficient (Wildman–Crippen LogP) is 2.96. The van der Waals surface area contributed by atoms with Crippen LogP contribution in [0.3, 0.4) is 0 Å². The van der Waals surface area contributed by atoms with Gasteiger partial charge in [-0.25, -0.2) is 4.98 Å². The molecule has 100 valence electrons. The Labute approximate surface area is 114 Å². The Bertz CT molecular complexity index is 532. The van der Waals surface area contributed by atoms with Crippen LogP contribution >= 0.6 is 0 Å². The Balaban J connectivity index is 1.70. The zero-order chi connectivity index (χ0) is 13.2. The maximum absolute atomic E-state index is 5.64. The Kier molecular flexibility index (Phi) is 3.38. The number of hydrogen-bond acceptors (Lipinski definition) is 2. The molecule has 3 unspecified atom stereocenters. The molecule has 3 rings (SSSR count). The molecule has 3 nitrogen and oxygen atoms in total. The Morgan fingerprint density at radius 2 is 2.16 bits per heavy atom. The van der Waals surface area contributed by atoms with E-state index >= 15 is 0 Å². The minimum atomic E-state index is 0.645. The highest BCUT2D eigenvalue weighted by molar-refractivity contribution is 5.32. The van der Waals surface area contributed by atoms with Gasteiger partial charge in [-0.15, -0.1) is 0 Å². The average molecular weight is 255 g/mol. The first-order valence-corrected chi connectivity index (χ1v) is 7.09. The molecule has 3 atom stereocenters. The second-order valence-corrected chi connectivity index (χ2v) is 5.60. The van der Waals surface area contributed by atoms with Crippen LogP contribution in [-0.2, 0) is 0 Å².